The molecule has 0 spiro atoms. The Morgan fingerprint density at radius 1 is 1.04 bits per heavy atom. The molecule has 2 atom stereocenters. The lowest BCUT2D eigenvalue weighted by atomic mass is 9.79. The lowest BCUT2D eigenvalue weighted by molar-refractivity contribution is -0.140. The van der Waals surface area contributed by atoms with E-state index < -0.39 is 17.9 Å². The molecule has 1 aliphatic rings. The van der Waals surface area contributed by atoms with Gasteiger partial charge in [-0.15, -0.1) is 0 Å². The van der Waals surface area contributed by atoms with Crippen LogP contribution >= 0.6 is 0 Å². The van der Waals surface area contributed by atoms with Gasteiger partial charge in [-0.3, -0.25) is 9.59 Å². The first kappa shape index (κ1) is 18.6. The van der Waals surface area contributed by atoms with Crippen molar-refractivity contribution >= 4 is 11.9 Å². The van der Waals surface area contributed by atoms with Crippen molar-refractivity contribution in [2.24, 2.45) is 0 Å². The van der Waals surface area contributed by atoms with Crippen LogP contribution < -0.4 is 14.2 Å². The first-order chi connectivity index (χ1) is 12.9. The Morgan fingerprint density at radius 2 is 1.70 bits per heavy atom. The molecule has 0 bridgehead atoms. The number of methoxy groups -OCH3 is 3. The van der Waals surface area contributed by atoms with Crippen LogP contribution in [0.5, 0.6) is 17.2 Å². The molecule has 1 heterocycles. The maximum Gasteiger partial charge on any atom is 0.313 e. The van der Waals surface area contributed by atoms with E-state index in [0.29, 0.717) is 33.9 Å². The lowest BCUT2D eigenvalue weighted by Crippen LogP contribution is -2.42. The second-order valence-corrected chi connectivity index (χ2v) is 6.25. The van der Waals surface area contributed by atoms with Crippen molar-refractivity contribution in [2.75, 3.05) is 28.4 Å². The highest BCUT2D eigenvalue weighted by molar-refractivity contribution is 6.01. The van der Waals surface area contributed by atoms with Crippen LogP contribution in [-0.2, 0) is 4.79 Å². The van der Waals surface area contributed by atoms with Crippen molar-refractivity contribution < 1.29 is 28.9 Å². The molecule has 27 heavy (non-hydrogen) atoms. The average Bonchev–Trinajstić information content (AvgIpc) is 2.69. The Balaban J connectivity index is 2.23. The highest BCUT2D eigenvalue weighted by Gasteiger charge is 2.43. The maximum absolute atomic E-state index is 13.0. The van der Waals surface area contributed by atoms with E-state index in [2.05, 4.69) is 0 Å². The minimum atomic E-state index is -1.03. The highest BCUT2D eigenvalue weighted by Crippen LogP contribution is 2.45. The van der Waals surface area contributed by atoms with Gasteiger partial charge in [-0.25, -0.2) is 0 Å². The molecule has 0 aromatic heterocycles. The monoisotopic (exact) mass is 371 g/mol. The number of carboxylic acids is 1. The maximum atomic E-state index is 13.0. The first-order valence-electron chi connectivity index (χ1n) is 8.32. The minimum Gasteiger partial charge on any atom is -0.497 e. The van der Waals surface area contributed by atoms with E-state index in [0.717, 1.165) is 0 Å². The van der Waals surface area contributed by atoms with E-state index in [9.17, 15) is 14.7 Å². The standard InChI is InChI=1S/C20H21NO6/c1-21-18(11-6-5-7-12(8-11)25-2)17(20(23)24)13-9-15(26-3)16(27-4)10-14(13)19(21)22/h5-10,17-18H,1-4H3,(H,23,24)/t17-,18+/m0/s1. The van der Waals surface area contributed by atoms with Gasteiger partial charge in [0.15, 0.2) is 11.5 Å². The number of ether oxygens (including phenoxy) is 3. The summed E-state index contributed by atoms with van der Waals surface area (Å²) in [5.41, 5.74) is 1.37. The zero-order chi connectivity index (χ0) is 19.7. The van der Waals surface area contributed by atoms with Gasteiger partial charge in [0.1, 0.15) is 11.7 Å². The highest BCUT2D eigenvalue weighted by atomic mass is 16.5. The number of hydrogen-bond acceptors (Lipinski definition) is 5. The van der Waals surface area contributed by atoms with Gasteiger partial charge in [-0.05, 0) is 35.4 Å². The number of likely N-dealkylation sites (N-methyl/N-ethyl adjacent to an activating group) is 1. The van der Waals surface area contributed by atoms with Crippen LogP contribution in [0.2, 0.25) is 0 Å². The van der Waals surface area contributed by atoms with Crippen LogP contribution in [-0.4, -0.2) is 50.3 Å². The van der Waals surface area contributed by atoms with Gasteiger partial charge in [0.05, 0.1) is 27.4 Å². The third-order valence-corrected chi connectivity index (χ3v) is 4.88. The van der Waals surface area contributed by atoms with Gasteiger partial charge < -0.3 is 24.2 Å². The van der Waals surface area contributed by atoms with Crippen LogP contribution in [0.15, 0.2) is 36.4 Å². The molecule has 0 saturated carbocycles. The Labute approximate surface area is 157 Å². The number of carbonyl (C=O) groups is 2. The molecule has 2 aromatic rings. The normalized spacial score (nSPS) is 18.7. The smallest absolute Gasteiger partial charge is 0.313 e. The van der Waals surface area contributed by atoms with E-state index in [1.165, 1.54) is 32.3 Å². The zero-order valence-corrected chi connectivity index (χ0v) is 15.6. The summed E-state index contributed by atoms with van der Waals surface area (Å²) < 4.78 is 15.8. The SMILES string of the molecule is COc1cccc([C@@H]2[C@@H](C(=O)O)c3cc(OC)c(OC)cc3C(=O)N2C)c1. The van der Waals surface area contributed by atoms with Gasteiger partial charge in [-0.1, -0.05) is 12.1 Å². The van der Waals surface area contributed by atoms with Crippen molar-refractivity contribution in [3.05, 3.63) is 53.1 Å². The molecule has 1 amide bonds. The molecule has 0 aliphatic carbocycles. The summed E-state index contributed by atoms with van der Waals surface area (Å²) in [5.74, 6) is -0.927. The first-order valence-corrected chi connectivity index (χ1v) is 8.32. The number of benzene rings is 2. The number of carbonyl (C=O) groups excluding carboxylic acids is 1. The average molecular weight is 371 g/mol. The molecular formula is C20H21NO6. The Morgan fingerprint density at radius 3 is 2.30 bits per heavy atom. The number of nitrogens with zero attached hydrogens (tertiary/aromatic N) is 1. The van der Waals surface area contributed by atoms with E-state index >= 15 is 0 Å². The van der Waals surface area contributed by atoms with Gasteiger partial charge in [0.2, 0.25) is 0 Å². The summed E-state index contributed by atoms with van der Waals surface area (Å²) in [6.45, 7) is 0. The van der Waals surface area contributed by atoms with Crippen LogP contribution in [0.25, 0.3) is 0 Å². The molecule has 142 valence electrons. The van der Waals surface area contributed by atoms with Crippen molar-refractivity contribution in [1.82, 2.24) is 4.90 Å². The van der Waals surface area contributed by atoms with E-state index in [1.807, 2.05) is 0 Å². The van der Waals surface area contributed by atoms with E-state index in [-0.39, 0.29) is 5.91 Å². The molecule has 1 N–H and O–H groups in total. The second kappa shape index (κ2) is 7.19. The second-order valence-electron chi connectivity index (χ2n) is 6.25. The van der Waals surface area contributed by atoms with Crippen molar-refractivity contribution in [1.29, 1.82) is 0 Å². The molecule has 7 nitrogen and oxygen atoms in total. The minimum absolute atomic E-state index is 0.281. The predicted molar refractivity (Wildman–Crippen MR) is 97.8 cm³/mol. The number of rotatable bonds is 5. The molecule has 3 rings (SSSR count). The van der Waals surface area contributed by atoms with Gasteiger partial charge in [0, 0.05) is 12.6 Å². The molecule has 0 saturated heterocycles. The Bertz CT molecular complexity index is 894. The van der Waals surface area contributed by atoms with Crippen LogP contribution in [0.4, 0.5) is 0 Å². The van der Waals surface area contributed by atoms with E-state index in [1.54, 1.807) is 37.4 Å². The summed E-state index contributed by atoms with van der Waals surface area (Å²) >= 11 is 0. The van der Waals surface area contributed by atoms with Gasteiger partial charge in [0.25, 0.3) is 5.91 Å². The summed E-state index contributed by atoms with van der Waals surface area (Å²) in [5, 5.41) is 10.00. The molecular weight excluding hydrogens is 350 g/mol. The van der Waals surface area contributed by atoms with Crippen molar-refractivity contribution in [3.63, 3.8) is 0 Å². The van der Waals surface area contributed by atoms with Crippen LogP contribution in [0.1, 0.15) is 33.4 Å². The third-order valence-electron chi connectivity index (χ3n) is 4.88. The largest absolute Gasteiger partial charge is 0.497 e. The summed E-state index contributed by atoms with van der Waals surface area (Å²) in [6, 6.07) is 9.50. The summed E-state index contributed by atoms with van der Waals surface area (Å²) in [4.78, 5) is 26.7. The molecule has 0 unspecified atom stereocenters. The zero-order valence-electron chi connectivity index (χ0n) is 15.6. The number of hydrogen-bond donors (Lipinski definition) is 1. The number of amides is 1. The molecule has 1 aliphatic heterocycles. The number of fused-ring (bicyclic) bond motifs is 1. The van der Waals surface area contributed by atoms with E-state index in [4.69, 9.17) is 14.2 Å². The number of carboxylic acid groups (broad SMARTS) is 1. The van der Waals surface area contributed by atoms with Gasteiger partial charge in [-0.2, -0.15) is 0 Å². The fourth-order valence-electron chi connectivity index (χ4n) is 3.56. The van der Waals surface area contributed by atoms with Crippen LogP contribution in [0.3, 0.4) is 0 Å². The Hall–Kier alpha value is -3.22. The lowest BCUT2D eigenvalue weighted by Gasteiger charge is -2.39. The van der Waals surface area contributed by atoms with Crippen LogP contribution in [0, 0.1) is 0 Å². The van der Waals surface area contributed by atoms with Gasteiger partial charge >= 0.3 is 5.97 Å². The fraction of sp³-hybridized carbons (Fsp3) is 0.300. The summed E-state index contributed by atoms with van der Waals surface area (Å²) in [7, 11) is 6.07. The fourth-order valence-corrected chi connectivity index (χ4v) is 3.56. The quantitative estimate of drug-likeness (QED) is 0.870. The van der Waals surface area contributed by atoms with Crippen molar-refractivity contribution in [3.8, 4) is 17.2 Å². The van der Waals surface area contributed by atoms with Crippen molar-refractivity contribution in [2.45, 2.75) is 12.0 Å². The predicted octanol–water partition coefficient (Wildman–Crippen LogP) is 2.71. The molecule has 7 heteroatoms. The number of aliphatic carboxylic acids is 1. The Kier molecular flexibility index (Phi) is 4.94. The summed E-state index contributed by atoms with van der Waals surface area (Å²) in [6.07, 6.45) is 0. The third kappa shape index (κ3) is 3.05. The molecule has 2 aromatic carbocycles. The topological polar surface area (TPSA) is 85.3 Å². The molecule has 0 fully saturated rings. The molecule has 0 radical (unpaired) electrons.